The van der Waals surface area contributed by atoms with Crippen molar-refractivity contribution in [2.45, 2.75) is 6.54 Å². The van der Waals surface area contributed by atoms with Gasteiger partial charge in [0.15, 0.2) is 5.65 Å². The maximum Gasteiger partial charge on any atom is 0.330 e. The quantitative estimate of drug-likeness (QED) is 0.443. The molecule has 3 aromatic heterocycles. The van der Waals surface area contributed by atoms with Crippen LogP contribution < -0.4 is 11.2 Å². The average molecular weight is 424 g/mol. The monoisotopic (exact) mass is 424 g/mol. The third-order valence-corrected chi connectivity index (χ3v) is 5.49. The van der Waals surface area contributed by atoms with E-state index in [2.05, 4.69) is 27.1 Å². The molecule has 0 amide bonds. The molecule has 8 heteroatoms. The summed E-state index contributed by atoms with van der Waals surface area (Å²) in [4.78, 5) is 38.2. The van der Waals surface area contributed by atoms with Gasteiger partial charge in [-0.15, -0.1) is 0 Å². The number of aryl methyl sites for hydroxylation is 1. The molecule has 0 fully saturated rings. The number of aromatic nitrogens is 6. The van der Waals surface area contributed by atoms with Gasteiger partial charge in [-0.3, -0.25) is 9.36 Å². The van der Waals surface area contributed by atoms with Crippen molar-refractivity contribution in [1.29, 1.82) is 0 Å². The van der Waals surface area contributed by atoms with Crippen LogP contribution in [0.4, 0.5) is 0 Å². The molecule has 8 nitrogen and oxygen atoms in total. The second kappa shape index (κ2) is 7.73. The first-order valence-electron chi connectivity index (χ1n) is 10.1. The van der Waals surface area contributed by atoms with E-state index >= 15 is 0 Å². The van der Waals surface area contributed by atoms with E-state index in [0.717, 1.165) is 21.3 Å². The Labute approximate surface area is 183 Å². The summed E-state index contributed by atoms with van der Waals surface area (Å²) in [5.41, 5.74) is 4.52. The van der Waals surface area contributed by atoms with Crippen LogP contribution in [-0.4, -0.2) is 28.7 Å². The molecule has 32 heavy (non-hydrogen) atoms. The van der Waals surface area contributed by atoms with E-state index < -0.39 is 0 Å². The SMILES string of the molecule is Cn1cc(-c2cccc(-c3ncnc4c3ncn4Cc3ccccc3)c2)c(=O)n(C)c1=O. The molecule has 0 aliphatic heterocycles. The van der Waals surface area contributed by atoms with Crippen LogP contribution in [0.3, 0.4) is 0 Å². The number of hydrogen-bond donors (Lipinski definition) is 0. The Hall–Kier alpha value is -4.33. The van der Waals surface area contributed by atoms with Gasteiger partial charge in [-0.05, 0) is 17.2 Å². The molecule has 5 aromatic rings. The zero-order valence-electron chi connectivity index (χ0n) is 17.6. The second-order valence-electron chi connectivity index (χ2n) is 7.63. The maximum absolute atomic E-state index is 12.7. The van der Waals surface area contributed by atoms with Gasteiger partial charge in [0.1, 0.15) is 17.5 Å². The molecular weight excluding hydrogens is 404 g/mol. The van der Waals surface area contributed by atoms with Crippen molar-refractivity contribution in [2.75, 3.05) is 0 Å². The molecule has 0 saturated carbocycles. The Kier molecular flexibility index (Phi) is 4.74. The predicted molar refractivity (Wildman–Crippen MR) is 122 cm³/mol. The third-order valence-electron chi connectivity index (χ3n) is 5.49. The summed E-state index contributed by atoms with van der Waals surface area (Å²) in [5, 5.41) is 0. The summed E-state index contributed by atoms with van der Waals surface area (Å²) in [6.45, 7) is 0.655. The lowest BCUT2D eigenvalue weighted by atomic mass is 10.0. The first-order chi connectivity index (χ1) is 15.5. The van der Waals surface area contributed by atoms with Crippen LogP contribution >= 0.6 is 0 Å². The van der Waals surface area contributed by atoms with Crippen LogP contribution in [0.25, 0.3) is 33.5 Å². The molecule has 0 N–H and O–H groups in total. The van der Waals surface area contributed by atoms with E-state index in [-0.39, 0.29) is 11.2 Å². The lowest BCUT2D eigenvalue weighted by Crippen LogP contribution is -2.37. The van der Waals surface area contributed by atoms with Crippen LogP contribution in [0.1, 0.15) is 5.56 Å². The fourth-order valence-electron chi connectivity index (χ4n) is 3.83. The highest BCUT2D eigenvalue weighted by molar-refractivity contribution is 5.88. The van der Waals surface area contributed by atoms with Crippen molar-refractivity contribution in [1.82, 2.24) is 28.7 Å². The fourth-order valence-corrected chi connectivity index (χ4v) is 3.83. The van der Waals surface area contributed by atoms with Gasteiger partial charge in [0.2, 0.25) is 0 Å². The number of benzene rings is 2. The van der Waals surface area contributed by atoms with Crippen molar-refractivity contribution < 1.29 is 0 Å². The van der Waals surface area contributed by atoms with Crippen molar-refractivity contribution in [2.24, 2.45) is 14.1 Å². The molecule has 2 aromatic carbocycles. The summed E-state index contributed by atoms with van der Waals surface area (Å²) in [6, 6.07) is 17.6. The van der Waals surface area contributed by atoms with E-state index in [1.807, 2.05) is 47.0 Å². The van der Waals surface area contributed by atoms with Gasteiger partial charge < -0.3 is 9.13 Å². The lowest BCUT2D eigenvalue weighted by molar-refractivity contribution is 0.688. The summed E-state index contributed by atoms with van der Waals surface area (Å²) in [7, 11) is 3.10. The van der Waals surface area contributed by atoms with E-state index in [1.165, 1.54) is 17.9 Å². The van der Waals surface area contributed by atoms with Crippen molar-refractivity contribution in [3.8, 4) is 22.4 Å². The molecule has 5 rings (SSSR count). The molecule has 0 bridgehead atoms. The first-order valence-corrected chi connectivity index (χ1v) is 10.1. The molecular formula is C24H20N6O2. The highest BCUT2D eigenvalue weighted by Gasteiger charge is 2.14. The van der Waals surface area contributed by atoms with E-state index in [4.69, 9.17) is 0 Å². The standard InChI is InChI=1S/C24H20N6O2/c1-28-13-19(23(31)29(2)24(28)32)17-9-6-10-18(11-17)20-21-22(26-14-25-20)30(15-27-21)12-16-7-4-3-5-8-16/h3-11,13-15H,12H2,1-2H3. The molecule has 0 aliphatic carbocycles. The van der Waals surface area contributed by atoms with Crippen LogP contribution in [0.2, 0.25) is 0 Å². The zero-order valence-corrected chi connectivity index (χ0v) is 17.6. The van der Waals surface area contributed by atoms with Crippen molar-refractivity contribution in [3.05, 3.63) is 99.9 Å². The number of rotatable bonds is 4. The molecule has 0 radical (unpaired) electrons. The first kappa shape index (κ1) is 19.6. The average Bonchev–Trinajstić information content (AvgIpc) is 3.23. The van der Waals surface area contributed by atoms with Gasteiger partial charge in [-0.25, -0.2) is 19.7 Å². The smallest absolute Gasteiger partial charge is 0.311 e. The minimum absolute atomic E-state index is 0.342. The van der Waals surface area contributed by atoms with Gasteiger partial charge in [0, 0.05) is 25.9 Å². The molecule has 0 spiro atoms. The van der Waals surface area contributed by atoms with E-state index in [9.17, 15) is 9.59 Å². The molecule has 0 atom stereocenters. The highest BCUT2D eigenvalue weighted by Crippen LogP contribution is 2.27. The van der Waals surface area contributed by atoms with Gasteiger partial charge in [-0.2, -0.15) is 0 Å². The van der Waals surface area contributed by atoms with Crippen LogP contribution in [0.5, 0.6) is 0 Å². The van der Waals surface area contributed by atoms with Crippen molar-refractivity contribution in [3.63, 3.8) is 0 Å². The molecule has 3 heterocycles. The molecule has 0 aliphatic rings. The fraction of sp³-hybridized carbons (Fsp3) is 0.125. The maximum atomic E-state index is 12.7. The highest BCUT2D eigenvalue weighted by atomic mass is 16.2. The lowest BCUT2D eigenvalue weighted by Gasteiger charge is -2.09. The van der Waals surface area contributed by atoms with E-state index in [1.54, 1.807) is 19.6 Å². The summed E-state index contributed by atoms with van der Waals surface area (Å²) in [6.07, 6.45) is 4.86. The third kappa shape index (κ3) is 3.31. The Morgan fingerprint density at radius 2 is 1.66 bits per heavy atom. The topological polar surface area (TPSA) is 87.6 Å². The summed E-state index contributed by atoms with van der Waals surface area (Å²) in [5.74, 6) is 0. The zero-order chi connectivity index (χ0) is 22.2. The predicted octanol–water partition coefficient (Wildman–Crippen LogP) is 2.61. The normalized spacial score (nSPS) is 11.2. The number of fused-ring (bicyclic) bond motifs is 1. The van der Waals surface area contributed by atoms with Crippen molar-refractivity contribution >= 4 is 11.2 Å². The molecule has 0 unspecified atom stereocenters. The van der Waals surface area contributed by atoms with Crippen LogP contribution in [-0.2, 0) is 20.6 Å². The largest absolute Gasteiger partial charge is 0.330 e. The molecule has 0 saturated heterocycles. The van der Waals surface area contributed by atoms with Gasteiger partial charge in [0.25, 0.3) is 5.56 Å². The number of nitrogens with zero attached hydrogens (tertiary/aromatic N) is 6. The summed E-state index contributed by atoms with van der Waals surface area (Å²) >= 11 is 0. The van der Waals surface area contributed by atoms with Crippen LogP contribution in [0.15, 0.2) is 83.0 Å². The Morgan fingerprint density at radius 1 is 0.875 bits per heavy atom. The Balaban J connectivity index is 1.60. The Morgan fingerprint density at radius 3 is 2.47 bits per heavy atom. The van der Waals surface area contributed by atoms with Gasteiger partial charge >= 0.3 is 5.69 Å². The van der Waals surface area contributed by atoms with Crippen LogP contribution in [0, 0.1) is 0 Å². The number of imidazole rings is 1. The minimum Gasteiger partial charge on any atom is -0.311 e. The van der Waals surface area contributed by atoms with Gasteiger partial charge in [-0.1, -0.05) is 48.5 Å². The van der Waals surface area contributed by atoms with Gasteiger partial charge in [0.05, 0.1) is 18.4 Å². The van der Waals surface area contributed by atoms with E-state index in [0.29, 0.717) is 28.9 Å². The second-order valence-corrected chi connectivity index (χ2v) is 7.63. The number of hydrogen-bond acceptors (Lipinski definition) is 5. The molecule has 158 valence electrons. The minimum atomic E-state index is -0.364. The Bertz CT molecular complexity index is 1560. The summed E-state index contributed by atoms with van der Waals surface area (Å²) < 4.78 is 4.50.